The van der Waals surface area contributed by atoms with E-state index < -0.39 is 0 Å². The Balaban J connectivity index is 1.90. The Labute approximate surface area is 107 Å². The third-order valence-corrected chi connectivity index (χ3v) is 3.46. The Morgan fingerprint density at radius 3 is 2.78 bits per heavy atom. The summed E-state index contributed by atoms with van der Waals surface area (Å²) in [6.07, 6.45) is 2.34. The maximum absolute atomic E-state index is 13.2. The first-order valence-corrected chi connectivity index (χ1v) is 6.30. The van der Waals surface area contributed by atoms with Crippen molar-refractivity contribution in [3.05, 3.63) is 29.6 Å². The molecule has 0 unspecified atom stereocenters. The van der Waals surface area contributed by atoms with E-state index in [1.165, 1.54) is 25.0 Å². The molecule has 0 spiro atoms. The summed E-state index contributed by atoms with van der Waals surface area (Å²) in [4.78, 5) is 2.33. The summed E-state index contributed by atoms with van der Waals surface area (Å²) in [5, 5.41) is 12.0. The molecule has 0 aliphatic carbocycles. The Kier molecular flexibility index (Phi) is 4.16. The lowest BCUT2D eigenvalue weighted by Gasteiger charge is -2.29. The first-order chi connectivity index (χ1) is 8.67. The highest BCUT2D eigenvalue weighted by atomic mass is 19.1. The second kappa shape index (κ2) is 5.83. The van der Waals surface area contributed by atoms with Crippen molar-refractivity contribution in [1.82, 2.24) is 4.90 Å². The van der Waals surface area contributed by atoms with Crippen molar-refractivity contribution < 1.29 is 4.39 Å². The molecule has 1 aromatic rings. The van der Waals surface area contributed by atoms with Gasteiger partial charge in [0, 0.05) is 12.2 Å². The zero-order chi connectivity index (χ0) is 13.0. The molecule has 1 saturated heterocycles. The number of likely N-dealkylation sites (tertiary alicyclic amines) is 1. The van der Waals surface area contributed by atoms with Crippen LogP contribution in [-0.2, 0) is 0 Å². The Morgan fingerprint density at radius 2 is 2.11 bits per heavy atom. The van der Waals surface area contributed by atoms with Crippen LogP contribution in [0.3, 0.4) is 0 Å². The fourth-order valence-corrected chi connectivity index (χ4v) is 2.28. The summed E-state index contributed by atoms with van der Waals surface area (Å²) in [6, 6.07) is 6.35. The number of anilines is 1. The SMILES string of the molecule is CN1CCC(CNc2cc(F)cc(C#N)c2)CC1. The molecule has 0 atom stereocenters. The third-order valence-electron chi connectivity index (χ3n) is 3.46. The Bertz CT molecular complexity index is 445. The van der Waals surface area contributed by atoms with Gasteiger partial charge in [-0.2, -0.15) is 5.26 Å². The largest absolute Gasteiger partial charge is 0.385 e. The minimum atomic E-state index is -0.361. The van der Waals surface area contributed by atoms with E-state index in [2.05, 4.69) is 17.3 Å². The van der Waals surface area contributed by atoms with Crippen LogP contribution in [0.4, 0.5) is 10.1 Å². The van der Waals surface area contributed by atoms with Crippen LogP contribution in [0.2, 0.25) is 0 Å². The molecule has 0 bridgehead atoms. The fourth-order valence-electron chi connectivity index (χ4n) is 2.28. The first kappa shape index (κ1) is 12.8. The second-order valence-corrected chi connectivity index (χ2v) is 4.97. The van der Waals surface area contributed by atoms with Gasteiger partial charge in [0.25, 0.3) is 0 Å². The van der Waals surface area contributed by atoms with Gasteiger partial charge in [-0.1, -0.05) is 0 Å². The van der Waals surface area contributed by atoms with Crippen LogP contribution >= 0.6 is 0 Å². The minimum absolute atomic E-state index is 0.361. The van der Waals surface area contributed by atoms with Gasteiger partial charge >= 0.3 is 0 Å². The lowest BCUT2D eigenvalue weighted by atomic mass is 9.97. The van der Waals surface area contributed by atoms with Crippen LogP contribution in [0.5, 0.6) is 0 Å². The standard InChI is InChI=1S/C14H18FN3/c1-18-4-2-11(3-5-18)10-17-14-7-12(9-16)6-13(15)8-14/h6-8,11,17H,2-5,10H2,1H3. The van der Waals surface area contributed by atoms with Gasteiger partial charge in [-0.05, 0) is 57.1 Å². The number of rotatable bonds is 3. The number of benzene rings is 1. The maximum Gasteiger partial charge on any atom is 0.126 e. The summed E-state index contributed by atoms with van der Waals surface area (Å²) in [5.41, 5.74) is 1.06. The number of nitrogens with one attached hydrogen (secondary N) is 1. The van der Waals surface area contributed by atoms with Crippen molar-refractivity contribution in [2.24, 2.45) is 5.92 Å². The average Bonchev–Trinajstić information content (AvgIpc) is 2.37. The predicted molar refractivity (Wildman–Crippen MR) is 69.8 cm³/mol. The van der Waals surface area contributed by atoms with Gasteiger partial charge in [0.05, 0.1) is 11.6 Å². The smallest absolute Gasteiger partial charge is 0.126 e. The molecule has 1 heterocycles. The van der Waals surface area contributed by atoms with E-state index in [0.29, 0.717) is 17.2 Å². The van der Waals surface area contributed by atoms with Gasteiger partial charge in [0.15, 0.2) is 0 Å². The molecule has 1 aliphatic rings. The molecule has 3 nitrogen and oxygen atoms in total. The van der Waals surface area contributed by atoms with Gasteiger partial charge in [-0.3, -0.25) is 0 Å². The molecule has 1 N–H and O–H groups in total. The quantitative estimate of drug-likeness (QED) is 0.891. The Hall–Kier alpha value is -1.60. The minimum Gasteiger partial charge on any atom is -0.385 e. The van der Waals surface area contributed by atoms with Crippen molar-refractivity contribution >= 4 is 5.69 Å². The van der Waals surface area contributed by atoms with Crippen molar-refractivity contribution in [1.29, 1.82) is 5.26 Å². The van der Waals surface area contributed by atoms with Crippen LogP contribution in [0.1, 0.15) is 18.4 Å². The molecule has 2 rings (SSSR count). The zero-order valence-corrected chi connectivity index (χ0v) is 10.6. The average molecular weight is 247 g/mol. The highest BCUT2D eigenvalue weighted by Gasteiger charge is 2.16. The maximum atomic E-state index is 13.2. The summed E-state index contributed by atoms with van der Waals surface area (Å²) < 4.78 is 13.2. The van der Waals surface area contributed by atoms with Crippen LogP contribution in [0, 0.1) is 23.1 Å². The predicted octanol–water partition coefficient (Wildman–Crippen LogP) is 2.45. The van der Waals surface area contributed by atoms with E-state index in [0.717, 1.165) is 19.6 Å². The molecule has 0 aromatic heterocycles. The molecule has 1 aliphatic heterocycles. The normalized spacial score (nSPS) is 17.4. The van der Waals surface area contributed by atoms with Crippen LogP contribution in [-0.4, -0.2) is 31.6 Å². The van der Waals surface area contributed by atoms with Crippen LogP contribution in [0.15, 0.2) is 18.2 Å². The van der Waals surface area contributed by atoms with E-state index in [1.54, 1.807) is 6.07 Å². The highest BCUT2D eigenvalue weighted by Crippen LogP contribution is 2.18. The zero-order valence-electron chi connectivity index (χ0n) is 10.6. The van der Waals surface area contributed by atoms with Crippen molar-refractivity contribution in [2.45, 2.75) is 12.8 Å². The van der Waals surface area contributed by atoms with Gasteiger partial charge in [-0.15, -0.1) is 0 Å². The number of halogens is 1. The van der Waals surface area contributed by atoms with E-state index >= 15 is 0 Å². The van der Waals surface area contributed by atoms with Crippen molar-refractivity contribution in [3.63, 3.8) is 0 Å². The molecular weight excluding hydrogens is 229 g/mol. The summed E-state index contributed by atoms with van der Waals surface area (Å²) in [6.45, 7) is 3.10. The topological polar surface area (TPSA) is 39.1 Å². The van der Waals surface area contributed by atoms with Gasteiger partial charge < -0.3 is 10.2 Å². The van der Waals surface area contributed by atoms with E-state index in [4.69, 9.17) is 5.26 Å². The van der Waals surface area contributed by atoms with E-state index in [9.17, 15) is 4.39 Å². The van der Waals surface area contributed by atoms with E-state index in [1.807, 2.05) is 6.07 Å². The molecule has 0 saturated carbocycles. The molecule has 4 heteroatoms. The van der Waals surface area contributed by atoms with Crippen molar-refractivity contribution in [2.75, 3.05) is 32.0 Å². The lowest BCUT2D eigenvalue weighted by Crippen LogP contribution is -2.32. The molecule has 0 amide bonds. The Morgan fingerprint density at radius 1 is 1.39 bits per heavy atom. The number of hydrogen-bond donors (Lipinski definition) is 1. The molecule has 1 fully saturated rings. The summed E-state index contributed by atoms with van der Waals surface area (Å²) >= 11 is 0. The van der Waals surface area contributed by atoms with Crippen LogP contribution < -0.4 is 5.32 Å². The number of hydrogen-bond acceptors (Lipinski definition) is 3. The summed E-state index contributed by atoms with van der Waals surface area (Å²) in [7, 11) is 2.13. The highest BCUT2D eigenvalue weighted by molar-refractivity contribution is 5.49. The fraction of sp³-hybridized carbons (Fsp3) is 0.500. The molecule has 96 valence electrons. The second-order valence-electron chi connectivity index (χ2n) is 4.97. The molecule has 1 aromatic carbocycles. The molecular formula is C14H18FN3. The van der Waals surface area contributed by atoms with Gasteiger partial charge in [0.2, 0.25) is 0 Å². The number of nitrogens with zero attached hydrogens (tertiary/aromatic N) is 2. The number of piperidine rings is 1. The monoisotopic (exact) mass is 247 g/mol. The molecule has 0 radical (unpaired) electrons. The van der Waals surface area contributed by atoms with Gasteiger partial charge in [-0.25, -0.2) is 4.39 Å². The van der Waals surface area contributed by atoms with Gasteiger partial charge in [0.1, 0.15) is 5.82 Å². The first-order valence-electron chi connectivity index (χ1n) is 6.30. The van der Waals surface area contributed by atoms with Crippen LogP contribution in [0.25, 0.3) is 0 Å². The summed E-state index contributed by atoms with van der Waals surface area (Å²) in [5.74, 6) is 0.273. The molecule has 18 heavy (non-hydrogen) atoms. The van der Waals surface area contributed by atoms with Crippen molar-refractivity contribution in [3.8, 4) is 6.07 Å². The third kappa shape index (κ3) is 3.44. The van der Waals surface area contributed by atoms with E-state index in [-0.39, 0.29) is 5.82 Å². The lowest BCUT2D eigenvalue weighted by molar-refractivity contribution is 0.226. The number of nitriles is 1.